The van der Waals surface area contributed by atoms with Crippen LogP contribution in [0.25, 0.3) is 33.8 Å². The van der Waals surface area contributed by atoms with E-state index in [4.69, 9.17) is 26.1 Å². The molecule has 228 valence electrons. The maximum Gasteiger partial charge on any atom is 0.439 e. The topological polar surface area (TPSA) is 129 Å². The van der Waals surface area contributed by atoms with Crippen LogP contribution in [0, 0.1) is 11.8 Å². The molecule has 1 N–H and O–H groups in total. The van der Waals surface area contributed by atoms with Crippen LogP contribution in [0.4, 0.5) is 10.7 Å². The molecule has 5 heterocycles. The molecule has 0 aromatic carbocycles. The smallest absolute Gasteiger partial charge is 0.333 e. The number of piperazine rings is 1. The number of nitrogens with one attached hydrogen (secondary N) is 1. The first kappa shape index (κ1) is 29.2. The normalized spacial score (nSPS) is 22.7. The number of carbonyl (C=O) groups excluding carboxylic acids is 1. The molecular formula is C30H38ClN9O3. The Labute approximate surface area is 255 Å². The van der Waals surface area contributed by atoms with Crippen LogP contribution in [0.1, 0.15) is 46.5 Å². The molecule has 4 aromatic heterocycles. The molecule has 1 saturated heterocycles. The molecule has 1 aliphatic carbocycles. The Bertz CT molecular complexity index is 1680. The van der Waals surface area contributed by atoms with Crippen molar-refractivity contribution in [3.05, 3.63) is 40.1 Å². The van der Waals surface area contributed by atoms with Crippen LogP contribution in [0.15, 0.2) is 33.8 Å². The van der Waals surface area contributed by atoms with E-state index in [1.807, 2.05) is 17.0 Å². The first-order chi connectivity index (χ1) is 20.6. The highest BCUT2D eigenvalue weighted by Gasteiger charge is 2.36. The number of aromatic amines is 1. The zero-order valence-electron chi connectivity index (χ0n) is 25.2. The minimum atomic E-state index is -0.659. The van der Waals surface area contributed by atoms with Gasteiger partial charge in [-0.2, -0.15) is 0 Å². The largest absolute Gasteiger partial charge is 0.439 e. The van der Waals surface area contributed by atoms with Gasteiger partial charge in [0.25, 0.3) is 0 Å². The molecule has 12 nitrogen and oxygen atoms in total. The maximum absolute atomic E-state index is 12.9. The minimum absolute atomic E-state index is 0.00867. The summed E-state index contributed by atoms with van der Waals surface area (Å²) in [6, 6.07) is 3.72. The van der Waals surface area contributed by atoms with Gasteiger partial charge in [-0.1, -0.05) is 36.5 Å². The molecule has 0 unspecified atom stereocenters. The zero-order valence-corrected chi connectivity index (χ0v) is 26.0. The molecule has 0 radical (unpaired) electrons. The molecule has 2 amide bonds. The van der Waals surface area contributed by atoms with Gasteiger partial charge in [-0.3, -0.25) is 14.5 Å². The predicted molar refractivity (Wildman–Crippen MR) is 165 cm³/mol. The van der Waals surface area contributed by atoms with Gasteiger partial charge in [-0.15, -0.1) is 0 Å². The summed E-state index contributed by atoms with van der Waals surface area (Å²) in [6.45, 7) is 8.57. The summed E-state index contributed by atoms with van der Waals surface area (Å²) in [7, 11) is 3.57. The van der Waals surface area contributed by atoms with Crippen LogP contribution in [0.5, 0.6) is 0 Å². The summed E-state index contributed by atoms with van der Waals surface area (Å²) in [5.74, 6) is 1.63. The first-order valence-corrected chi connectivity index (χ1v) is 15.3. The number of amides is 2. The lowest BCUT2D eigenvalue weighted by Gasteiger charge is -2.45. The van der Waals surface area contributed by atoms with Gasteiger partial charge in [0.15, 0.2) is 0 Å². The third-order valence-corrected chi connectivity index (χ3v) is 8.95. The summed E-state index contributed by atoms with van der Waals surface area (Å²) >= 11 is 6.41. The van der Waals surface area contributed by atoms with Crippen molar-refractivity contribution in [2.24, 2.45) is 11.8 Å². The average molecular weight is 608 g/mol. The number of aromatic nitrogens is 6. The molecule has 1 saturated carbocycles. The predicted octanol–water partition coefficient (Wildman–Crippen LogP) is 4.90. The molecule has 43 heavy (non-hydrogen) atoms. The van der Waals surface area contributed by atoms with Crippen molar-refractivity contribution >= 4 is 34.6 Å². The monoisotopic (exact) mass is 607 g/mol. The quantitative estimate of drug-likeness (QED) is 0.339. The Morgan fingerprint density at radius 2 is 1.79 bits per heavy atom. The molecular weight excluding hydrogens is 570 g/mol. The van der Waals surface area contributed by atoms with Gasteiger partial charge in [0.05, 0.1) is 21.7 Å². The number of imidazole rings is 1. The Balaban J connectivity index is 1.54. The number of hydrogen-bond acceptors (Lipinski definition) is 8. The van der Waals surface area contributed by atoms with E-state index in [2.05, 4.69) is 45.4 Å². The van der Waals surface area contributed by atoms with Crippen LogP contribution in [0.3, 0.4) is 0 Å². The number of H-pyrrole nitrogens is 1. The van der Waals surface area contributed by atoms with Gasteiger partial charge >= 0.3 is 11.8 Å². The van der Waals surface area contributed by atoms with E-state index in [0.717, 1.165) is 42.3 Å². The fourth-order valence-corrected chi connectivity index (χ4v) is 6.82. The molecule has 2 fully saturated rings. The molecule has 13 heteroatoms. The lowest BCUT2D eigenvalue weighted by Crippen LogP contribution is -2.60. The molecule has 4 aromatic rings. The van der Waals surface area contributed by atoms with Crippen LogP contribution < -0.4 is 10.7 Å². The molecule has 0 spiro atoms. The highest BCUT2D eigenvalue weighted by Crippen LogP contribution is 2.38. The van der Waals surface area contributed by atoms with Crippen molar-refractivity contribution in [1.82, 2.24) is 39.5 Å². The highest BCUT2D eigenvalue weighted by atomic mass is 35.5. The summed E-state index contributed by atoms with van der Waals surface area (Å²) in [4.78, 5) is 47.8. The Morgan fingerprint density at radius 1 is 1.07 bits per heavy atom. The first-order valence-electron chi connectivity index (χ1n) is 14.9. The number of nitrogens with zero attached hydrogens (tertiary/aromatic N) is 8. The Morgan fingerprint density at radius 3 is 2.42 bits per heavy atom. The number of rotatable bonds is 5. The van der Waals surface area contributed by atoms with Crippen molar-refractivity contribution in [2.45, 2.75) is 65.1 Å². The lowest BCUT2D eigenvalue weighted by molar-refractivity contribution is 0.151. The van der Waals surface area contributed by atoms with E-state index in [1.54, 1.807) is 31.4 Å². The summed E-state index contributed by atoms with van der Waals surface area (Å²) in [5, 5.41) is 4.38. The van der Waals surface area contributed by atoms with Crippen molar-refractivity contribution in [2.75, 3.05) is 32.1 Å². The van der Waals surface area contributed by atoms with Crippen molar-refractivity contribution in [1.29, 1.82) is 0 Å². The number of halogens is 1. The average Bonchev–Trinajstić information content (AvgIpc) is 3.56. The standard InChI is InChI=1S/C30H38ClN9O3/c1-17-6-8-20(9-7-17)16-39-26-23(34-28(39)40-18(2)14-38(15-19(40)3)30(42)37(4)5)11-24(27-35-29(41)43-36-27)33-25(26)21-10-22(31)13-32-12-21/h10-13,17-20H,6-9,14-16H2,1-5H3,(H,35,36,41)/t17-,18-,19-,20-/m1/s1. The third kappa shape index (κ3) is 5.72. The van der Waals surface area contributed by atoms with Gasteiger partial charge in [0.1, 0.15) is 5.69 Å². The number of carbonyl (C=O) groups is 1. The highest BCUT2D eigenvalue weighted by molar-refractivity contribution is 6.30. The van der Waals surface area contributed by atoms with Gasteiger partial charge in [-0.05, 0) is 50.7 Å². The SMILES string of the molecule is C[C@@H]1CN(C(=O)N(C)C)C[C@@H](C)N1c1nc2cc(-c3noc(=O)[nH]3)nc(-c3cncc(Cl)c3)c2n1C[C@H]1CC[C@H](C)CC1. The minimum Gasteiger partial charge on any atom is -0.333 e. The second-order valence-corrected chi connectivity index (χ2v) is 12.8. The van der Waals surface area contributed by atoms with E-state index in [-0.39, 0.29) is 23.9 Å². The number of fused-ring (bicyclic) bond motifs is 1. The third-order valence-electron chi connectivity index (χ3n) is 8.74. The molecule has 6 rings (SSSR count). The summed E-state index contributed by atoms with van der Waals surface area (Å²) in [5.41, 5.74) is 3.40. The van der Waals surface area contributed by atoms with E-state index in [9.17, 15) is 9.59 Å². The number of urea groups is 1. The molecule has 1 aliphatic heterocycles. The van der Waals surface area contributed by atoms with E-state index < -0.39 is 5.76 Å². The number of hydrogen-bond donors (Lipinski definition) is 1. The van der Waals surface area contributed by atoms with E-state index in [1.165, 1.54) is 12.8 Å². The fourth-order valence-electron chi connectivity index (χ4n) is 6.64. The van der Waals surface area contributed by atoms with Crippen LogP contribution in [0.2, 0.25) is 5.02 Å². The van der Waals surface area contributed by atoms with Crippen molar-refractivity contribution < 1.29 is 9.32 Å². The van der Waals surface area contributed by atoms with Crippen molar-refractivity contribution in [3.63, 3.8) is 0 Å². The molecule has 2 atom stereocenters. The van der Waals surface area contributed by atoms with Crippen LogP contribution >= 0.6 is 11.6 Å². The van der Waals surface area contributed by atoms with Gasteiger partial charge in [-0.25, -0.2) is 19.6 Å². The number of pyridine rings is 2. The lowest BCUT2D eigenvalue weighted by atomic mass is 9.83. The number of anilines is 1. The summed E-state index contributed by atoms with van der Waals surface area (Å²) in [6.07, 6.45) is 8.03. The second kappa shape index (κ2) is 11.6. The summed E-state index contributed by atoms with van der Waals surface area (Å²) < 4.78 is 7.11. The molecule has 0 bridgehead atoms. The maximum atomic E-state index is 12.9. The Kier molecular flexibility index (Phi) is 7.89. The van der Waals surface area contributed by atoms with E-state index in [0.29, 0.717) is 40.9 Å². The van der Waals surface area contributed by atoms with Crippen molar-refractivity contribution in [3.8, 4) is 22.8 Å². The zero-order chi connectivity index (χ0) is 30.4. The van der Waals surface area contributed by atoms with Crippen LogP contribution in [-0.4, -0.2) is 84.8 Å². The van der Waals surface area contributed by atoms with Gasteiger partial charge < -0.3 is 19.3 Å². The van der Waals surface area contributed by atoms with Crippen LogP contribution in [-0.2, 0) is 6.54 Å². The Hall–Kier alpha value is -3.93. The van der Waals surface area contributed by atoms with E-state index >= 15 is 0 Å². The van der Waals surface area contributed by atoms with Gasteiger partial charge in [0.2, 0.25) is 11.8 Å². The van der Waals surface area contributed by atoms with Gasteiger partial charge in [0, 0.05) is 63.8 Å². The second-order valence-electron chi connectivity index (χ2n) is 12.4. The fraction of sp³-hybridized carbons (Fsp3) is 0.533. The molecule has 2 aliphatic rings.